The van der Waals surface area contributed by atoms with E-state index in [1.165, 1.54) is 37.8 Å². The van der Waals surface area contributed by atoms with E-state index >= 15 is 0 Å². The molecule has 5 heteroatoms. The Bertz CT molecular complexity index is 943. The van der Waals surface area contributed by atoms with Crippen LogP contribution >= 0.6 is 0 Å². The van der Waals surface area contributed by atoms with Crippen LogP contribution in [0, 0.1) is 0 Å². The predicted molar refractivity (Wildman–Crippen MR) is 121 cm³/mol. The maximum absolute atomic E-state index is 12.4. The molecule has 0 bridgehead atoms. The van der Waals surface area contributed by atoms with E-state index < -0.39 is 0 Å². The largest absolute Gasteiger partial charge is 0.372 e. The Morgan fingerprint density at radius 3 is 2.50 bits per heavy atom. The van der Waals surface area contributed by atoms with Gasteiger partial charge in [-0.05, 0) is 48.2 Å². The van der Waals surface area contributed by atoms with Gasteiger partial charge in [0.25, 0.3) is 0 Å². The van der Waals surface area contributed by atoms with Crippen molar-refractivity contribution in [1.82, 2.24) is 15.1 Å². The number of rotatable bonds is 7. The standard InChI is InChI=1S/C25H30N4O/c1-28(22-8-4-2-5-9-22)23-14-12-20(13-15-23)17-26-25(30)16-21-18-27-29(19-21)24-10-6-3-7-11-24/h3,6-7,10-15,18-19,22H,2,4-5,8-9,16-17H2,1H3,(H,26,30). The second-order valence-corrected chi connectivity index (χ2v) is 8.15. The average molecular weight is 403 g/mol. The minimum atomic E-state index is 0.00557. The molecule has 0 radical (unpaired) electrons. The molecule has 1 aliphatic carbocycles. The fraction of sp³-hybridized carbons (Fsp3) is 0.360. The lowest BCUT2D eigenvalue weighted by Gasteiger charge is -2.33. The molecule has 1 amide bonds. The smallest absolute Gasteiger partial charge is 0.224 e. The first kappa shape index (κ1) is 20.2. The molecule has 30 heavy (non-hydrogen) atoms. The van der Waals surface area contributed by atoms with Crippen molar-refractivity contribution in [1.29, 1.82) is 0 Å². The molecular weight excluding hydrogens is 372 g/mol. The Morgan fingerprint density at radius 1 is 1.03 bits per heavy atom. The van der Waals surface area contributed by atoms with E-state index in [4.69, 9.17) is 0 Å². The van der Waals surface area contributed by atoms with Crippen LogP contribution < -0.4 is 10.2 Å². The Balaban J connectivity index is 1.27. The SMILES string of the molecule is CN(c1ccc(CNC(=O)Cc2cnn(-c3ccccc3)c2)cc1)C1CCCCC1. The Morgan fingerprint density at radius 2 is 1.77 bits per heavy atom. The van der Waals surface area contributed by atoms with Gasteiger partial charge in [0.1, 0.15) is 0 Å². The molecule has 2 aromatic carbocycles. The van der Waals surface area contributed by atoms with E-state index in [0.29, 0.717) is 19.0 Å². The Hall–Kier alpha value is -3.08. The molecule has 5 nitrogen and oxygen atoms in total. The summed E-state index contributed by atoms with van der Waals surface area (Å²) in [6, 6.07) is 19.1. The van der Waals surface area contributed by atoms with Crippen LogP contribution in [0.1, 0.15) is 43.2 Å². The first-order chi connectivity index (χ1) is 14.7. The monoisotopic (exact) mass is 402 g/mol. The molecule has 1 aliphatic rings. The zero-order valence-corrected chi connectivity index (χ0v) is 17.6. The maximum Gasteiger partial charge on any atom is 0.224 e. The van der Waals surface area contributed by atoms with Crippen molar-refractivity contribution in [2.75, 3.05) is 11.9 Å². The van der Waals surface area contributed by atoms with Gasteiger partial charge in [0, 0.05) is 31.5 Å². The van der Waals surface area contributed by atoms with Gasteiger partial charge in [0.2, 0.25) is 5.91 Å². The number of hydrogen-bond acceptors (Lipinski definition) is 3. The zero-order chi connectivity index (χ0) is 20.8. The maximum atomic E-state index is 12.4. The molecule has 156 valence electrons. The van der Waals surface area contributed by atoms with E-state index in [0.717, 1.165) is 16.8 Å². The second-order valence-electron chi connectivity index (χ2n) is 8.15. The van der Waals surface area contributed by atoms with Crippen LogP contribution in [0.2, 0.25) is 0 Å². The number of benzene rings is 2. The zero-order valence-electron chi connectivity index (χ0n) is 17.6. The fourth-order valence-electron chi connectivity index (χ4n) is 4.15. The number of carbonyl (C=O) groups is 1. The van der Waals surface area contributed by atoms with Crippen molar-refractivity contribution in [2.24, 2.45) is 0 Å². The predicted octanol–water partition coefficient (Wildman–Crippen LogP) is 4.50. The van der Waals surface area contributed by atoms with Crippen molar-refractivity contribution >= 4 is 11.6 Å². The molecule has 1 saturated carbocycles. The second kappa shape index (κ2) is 9.61. The van der Waals surface area contributed by atoms with Crippen molar-refractivity contribution in [3.63, 3.8) is 0 Å². The highest BCUT2D eigenvalue weighted by molar-refractivity contribution is 5.78. The number of nitrogens with one attached hydrogen (secondary N) is 1. The van der Waals surface area contributed by atoms with Crippen LogP contribution in [-0.4, -0.2) is 28.8 Å². The topological polar surface area (TPSA) is 50.2 Å². The van der Waals surface area contributed by atoms with Crippen molar-refractivity contribution in [3.8, 4) is 5.69 Å². The third-order valence-corrected chi connectivity index (χ3v) is 5.98. The number of para-hydroxylation sites is 1. The molecule has 3 aromatic rings. The summed E-state index contributed by atoms with van der Waals surface area (Å²) < 4.78 is 1.80. The molecule has 4 rings (SSSR count). The lowest BCUT2D eigenvalue weighted by Crippen LogP contribution is -2.33. The van der Waals surface area contributed by atoms with Gasteiger partial charge in [-0.1, -0.05) is 49.6 Å². The number of aromatic nitrogens is 2. The van der Waals surface area contributed by atoms with E-state index in [1.54, 1.807) is 10.9 Å². The average Bonchev–Trinajstić information content (AvgIpc) is 3.27. The van der Waals surface area contributed by atoms with Crippen molar-refractivity contribution in [2.45, 2.75) is 51.1 Å². The van der Waals surface area contributed by atoms with Crippen molar-refractivity contribution in [3.05, 3.63) is 78.1 Å². The van der Waals surface area contributed by atoms with Crippen LogP contribution in [0.5, 0.6) is 0 Å². The first-order valence-electron chi connectivity index (χ1n) is 10.9. The van der Waals surface area contributed by atoms with Crippen LogP contribution in [0.3, 0.4) is 0 Å². The van der Waals surface area contributed by atoms with Gasteiger partial charge >= 0.3 is 0 Å². The number of carbonyl (C=O) groups excluding carboxylic acids is 1. The molecule has 0 unspecified atom stereocenters. The molecule has 1 fully saturated rings. The van der Waals surface area contributed by atoms with Crippen molar-refractivity contribution < 1.29 is 4.79 Å². The summed E-state index contributed by atoms with van der Waals surface area (Å²) in [5.74, 6) is 0.00557. The van der Waals surface area contributed by atoms with E-state index in [2.05, 4.69) is 46.6 Å². The van der Waals surface area contributed by atoms with Crippen LogP contribution in [-0.2, 0) is 17.8 Å². The van der Waals surface area contributed by atoms with Gasteiger partial charge < -0.3 is 10.2 Å². The van der Waals surface area contributed by atoms with E-state index in [9.17, 15) is 4.79 Å². The van der Waals surface area contributed by atoms with Gasteiger partial charge in [-0.3, -0.25) is 4.79 Å². The molecule has 0 aliphatic heterocycles. The third kappa shape index (κ3) is 5.09. The fourth-order valence-corrected chi connectivity index (χ4v) is 4.15. The minimum absolute atomic E-state index is 0.00557. The highest BCUT2D eigenvalue weighted by atomic mass is 16.1. The molecule has 0 spiro atoms. The highest BCUT2D eigenvalue weighted by Crippen LogP contribution is 2.26. The molecule has 1 heterocycles. The molecule has 1 aromatic heterocycles. The Kier molecular flexibility index (Phi) is 6.47. The van der Waals surface area contributed by atoms with Crippen LogP contribution in [0.4, 0.5) is 5.69 Å². The summed E-state index contributed by atoms with van der Waals surface area (Å²) in [7, 11) is 2.20. The van der Waals surface area contributed by atoms with E-state index in [-0.39, 0.29) is 5.91 Å². The Labute approximate surface area is 178 Å². The van der Waals surface area contributed by atoms with Crippen LogP contribution in [0.25, 0.3) is 5.69 Å². The summed E-state index contributed by atoms with van der Waals surface area (Å²) in [4.78, 5) is 14.8. The van der Waals surface area contributed by atoms with Crippen LogP contribution in [0.15, 0.2) is 67.0 Å². The minimum Gasteiger partial charge on any atom is -0.372 e. The lowest BCUT2D eigenvalue weighted by molar-refractivity contribution is -0.120. The normalized spacial score (nSPS) is 14.4. The van der Waals surface area contributed by atoms with E-state index in [1.807, 2.05) is 36.5 Å². The summed E-state index contributed by atoms with van der Waals surface area (Å²) in [5, 5.41) is 7.37. The van der Waals surface area contributed by atoms with Gasteiger partial charge in [0.05, 0.1) is 18.3 Å². The lowest BCUT2D eigenvalue weighted by atomic mass is 9.94. The number of hydrogen-bond donors (Lipinski definition) is 1. The molecular formula is C25H30N4O. The number of amides is 1. The van der Waals surface area contributed by atoms with Gasteiger partial charge in [-0.25, -0.2) is 4.68 Å². The molecule has 0 atom stereocenters. The van der Waals surface area contributed by atoms with Gasteiger partial charge in [0.15, 0.2) is 0 Å². The first-order valence-corrected chi connectivity index (χ1v) is 10.9. The third-order valence-electron chi connectivity index (χ3n) is 5.98. The summed E-state index contributed by atoms with van der Waals surface area (Å²) in [6.07, 6.45) is 10.6. The van der Waals surface area contributed by atoms with Gasteiger partial charge in [-0.2, -0.15) is 5.10 Å². The number of nitrogens with zero attached hydrogens (tertiary/aromatic N) is 3. The van der Waals surface area contributed by atoms with Gasteiger partial charge in [-0.15, -0.1) is 0 Å². The number of anilines is 1. The summed E-state index contributed by atoms with van der Waals surface area (Å²) >= 11 is 0. The molecule has 1 N–H and O–H groups in total. The molecule has 0 saturated heterocycles. The highest BCUT2D eigenvalue weighted by Gasteiger charge is 2.18. The quantitative estimate of drug-likeness (QED) is 0.633. The summed E-state index contributed by atoms with van der Waals surface area (Å²) in [6.45, 7) is 0.541. The summed E-state index contributed by atoms with van der Waals surface area (Å²) in [5.41, 5.74) is 4.26.